The van der Waals surface area contributed by atoms with Crippen molar-refractivity contribution in [3.8, 4) is 5.75 Å². The van der Waals surface area contributed by atoms with Crippen molar-refractivity contribution < 1.29 is 9.53 Å². The normalized spacial score (nSPS) is 12.1. The highest BCUT2D eigenvalue weighted by Crippen LogP contribution is 2.13. The van der Waals surface area contributed by atoms with E-state index < -0.39 is 5.24 Å². The van der Waals surface area contributed by atoms with Crippen LogP contribution < -0.4 is 4.74 Å². The first kappa shape index (κ1) is 13.0. The molecule has 4 heteroatoms. The zero-order valence-electron chi connectivity index (χ0n) is 9.50. The number of ether oxygens (including phenoxy) is 1. The molecule has 86 valence electrons. The van der Waals surface area contributed by atoms with Gasteiger partial charge in [0.1, 0.15) is 5.75 Å². The van der Waals surface area contributed by atoms with Gasteiger partial charge in [-0.1, -0.05) is 11.3 Å². The van der Waals surface area contributed by atoms with Gasteiger partial charge in [-0.2, -0.15) is 0 Å². The van der Waals surface area contributed by atoms with Gasteiger partial charge >= 0.3 is 0 Å². The Balaban J connectivity index is 2.47. The number of hydrogen-bond donors (Lipinski definition) is 0. The van der Waals surface area contributed by atoms with E-state index in [-0.39, 0.29) is 9.52 Å². The molecule has 0 amide bonds. The van der Waals surface area contributed by atoms with Gasteiger partial charge in [0.2, 0.25) is 0 Å². The molecule has 2 nitrogen and oxygen atoms in total. The Labute approximate surface area is 103 Å². The quantitative estimate of drug-likeness (QED) is 0.596. The standard InChI is InChI=1S/C12H15ClO2Si/c1-3-9(2)16-8-15-11-6-4-10(5-7-11)12(13)14/h3-7H,8,16H2,1-2H3. The van der Waals surface area contributed by atoms with E-state index in [0.717, 1.165) is 12.0 Å². The minimum Gasteiger partial charge on any atom is -0.497 e. The van der Waals surface area contributed by atoms with Gasteiger partial charge < -0.3 is 4.74 Å². The fourth-order valence-corrected chi connectivity index (χ4v) is 2.23. The summed E-state index contributed by atoms with van der Waals surface area (Å²) in [6, 6.07) is 6.90. The highest BCUT2D eigenvalue weighted by Gasteiger charge is 2.01. The van der Waals surface area contributed by atoms with Gasteiger partial charge in [-0.15, -0.1) is 0 Å². The van der Waals surface area contributed by atoms with E-state index in [1.165, 1.54) is 5.20 Å². The Hall–Kier alpha value is -1.06. The SMILES string of the molecule is CC=C(C)[SiH2]COc1ccc(C(=O)Cl)cc1. The Kier molecular flexibility index (Phi) is 5.29. The summed E-state index contributed by atoms with van der Waals surface area (Å²) in [4.78, 5) is 10.8. The smallest absolute Gasteiger partial charge is 0.252 e. The monoisotopic (exact) mass is 254 g/mol. The number of halogens is 1. The summed E-state index contributed by atoms with van der Waals surface area (Å²) in [7, 11) is -0.288. The van der Waals surface area contributed by atoms with Crippen molar-refractivity contribution in [1.29, 1.82) is 0 Å². The number of rotatable bonds is 5. The zero-order chi connectivity index (χ0) is 12.0. The van der Waals surface area contributed by atoms with Gasteiger partial charge in [-0.3, -0.25) is 4.79 Å². The van der Waals surface area contributed by atoms with E-state index in [4.69, 9.17) is 16.3 Å². The predicted octanol–water partition coefficient (Wildman–Crippen LogP) is 2.49. The number of hydrogen-bond acceptors (Lipinski definition) is 2. The first-order chi connectivity index (χ1) is 7.63. The molecule has 0 saturated heterocycles. The minimum absolute atomic E-state index is 0.288. The molecule has 0 aliphatic carbocycles. The molecule has 0 radical (unpaired) electrons. The van der Waals surface area contributed by atoms with E-state index in [1.54, 1.807) is 24.3 Å². The average molecular weight is 255 g/mol. The molecular weight excluding hydrogens is 240 g/mol. The van der Waals surface area contributed by atoms with Crippen LogP contribution >= 0.6 is 11.6 Å². The summed E-state index contributed by atoms with van der Waals surface area (Å²) in [6.07, 6.45) is 2.91. The van der Waals surface area contributed by atoms with Crippen LogP contribution in [0.3, 0.4) is 0 Å². The average Bonchev–Trinajstić information content (AvgIpc) is 2.29. The summed E-state index contributed by atoms with van der Waals surface area (Å²) >= 11 is 5.34. The number of carbonyl (C=O) groups excluding carboxylic acids is 1. The fraction of sp³-hybridized carbons (Fsp3) is 0.250. The topological polar surface area (TPSA) is 26.3 Å². The van der Waals surface area contributed by atoms with Crippen LogP contribution in [0.5, 0.6) is 5.75 Å². The van der Waals surface area contributed by atoms with Crippen LogP contribution in [0.4, 0.5) is 0 Å². The third-order valence-electron chi connectivity index (χ3n) is 2.34. The molecule has 0 aromatic heterocycles. The molecular formula is C12H15ClO2Si. The van der Waals surface area contributed by atoms with Gasteiger partial charge in [0.15, 0.2) is 0 Å². The molecule has 0 fully saturated rings. The summed E-state index contributed by atoms with van der Waals surface area (Å²) in [5.74, 6) is 0.790. The molecule has 0 bridgehead atoms. The molecule has 1 aromatic rings. The molecule has 0 saturated carbocycles. The maximum atomic E-state index is 10.8. The van der Waals surface area contributed by atoms with Gasteiger partial charge in [-0.25, -0.2) is 0 Å². The van der Waals surface area contributed by atoms with Crippen LogP contribution in [-0.2, 0) is 0 Å². The Morgan fingerprint density at radius 3 is 2.56 bits per heavy atom. The molecule has 1 rings (SSSR count). The van der Waals surface area contributed by atoms with E-state index >= 15 is 0 Å². The lowest BCUT2D eigenvalue weighted by molar-refractivity contribution is 0.108. The summed E-state index contributed by atoms with van der Waals surface area (Å²) < 4.78 is 5.58. The minimum atomic E-state index is -0.439. The predicted molar refractivity (Wildman–Crippen MR) is 70.1 cm³/mol. The van der Waals surface area contributed by atoms with Crippen LogP contribution in [0.2, 0.25) is 0 Å². The van der Waals surface area contributed by atoms with Crippen LogP contribution in [-0.4, -0.2) is 21.0 Å². The number of allylic oxidation sites excluding steroid dienone is 2. The second kappa shape index (κ2) is 6.50. The highest BCUT2D eigenvalue weighted by molar-refractivity contribution is 6.67. The third kappa shape index (κ3) is 4.21. The van der Waals surface area contributed by atoms with Crippen molar-refractivity contribution >= 4 is 26.4 Å². The van der Waals surface area contributed by atoms with Crippen LogP contribution in [0.15, 0.2) is 35.5 Å². The van der Waals surface area contributed by atoms with Gasteiger partial charge in [0.25, 0.3) is 5.24 Å². The molecule has 0 aliphatic rings. The van der Waals surface area contributed by atoms with Crippen LogP contribution in [0.1, 0.15) is 24.2 Å². The molecule has 0 spiro atoms. The van der Waals surface area contributed by atoms with Crippen LogP contribution in [0, 0.1) is 0 Å². The third-order valence-corrected chi connectivity index (χ3v) is 4.16. The van der Waals surface area contributed by atoms with E-state index in [0.29, 0.717) is 5.56 Å². The Bertz CT molecular complexity index is 385. The number of carbonyl (C=O) groups is 1. The lowest BCUT2D eigenvalue weighted by Gasteiger charge is -2.05. The van der Waals surface area contributed by atoms with Gasteiger partial charge in [-0.05, 0) is 49.7 Å². The maximum absolute atomic E-state index is 10.8. The van der Waals surface area contributed by atoms with Crippen LogP contribution in [0.25, 0.3) is 0 Å². The lowest BCUT2D eigenvalue weighted by atomic mass is 10.2. The molecule has 0 heterocycles. The largest absolute Gasteiger partial charge is 0.497 e. The summed E-state index contributed by atoms with van der Waals surface area (Å²) in [5, 5.41) is 0.998. The second-order valence-corrected chi connectivity index (χ2v) is 5.90. The fourth-order valence-electron chi connectivity index (χ4n) is 1.16. The van der Waals surface area contributed by atoms with E-state index in [9.17, 15) is 4.79 Å². The highest BCUT2D eigenvalue weighted by atomic mass is 35.5. The molecule has 0 unspecified atom stereocenters. The zero-order valence-corrected chi connectivity index (χ0v) is 11.7. The molecule has 1 aromatic carbocycles. The summed E-state index contributed by atoms with van der Waals surface area (Å²) in [6.45, 7) is 4.17. The van der Waals surface area contributed by atoms with Crippen molar-refractivity contribution in [2.24, 2.45) is 0 Å². The molecule has 0 aliphatic heterocycles. The molecule has 16 heavy (non-hydrogen) atoms. The van der Waals surface area contributed by atoms with Crippen molar-refractivity contribution in [2.75, 3.05) is 6.23 Å². The van der Waals surface area contributed by atoms with Crippen molar-refractivity contribution in [3.63, 3.8) is 0 Å². The lowest BCUT2D eigenvalue weighted by Crippen LogP contribution is -2.07. The number of benzene rings is 1. The van der Waals surface area contributed by atoms with Gasteiger partial charge in [0, 0.05) is 5.56 Å². The van der Waals surface area contributed by atoms with Crippen molar-refractivity contribution in [1.82, 2.24) is 0 Å². The Morgan fingerprint density at radius 2 is 2.06 bits per heavy atom. The molecule has 0 atom stereocenters. The first-order valence-electron chi connectivity index (χ1n) is 5.18. The second-order valence-electron chi connectivity index (χ2n) is 3.53. The van der Waals surface area contributed by atoms with Crippen molar-refractivity contribution in [3.05, 3.63) is 41.1 Å². The van der Waals surface area contributed by atoms with E-state index in [2.05, 4.69) is 13.0 Å². The van der Waals surface area contributed by atoms with Crippen molar-refractivity contribution in [2.45, 2.75) is 13.8 Å². The Morgan fingerprint density at radius 1 is 1.44 bits per heavy atom. The maximum Gasteiger partial charge on any atom is 0.252 e. The van der Waals surface area contributed by atoms with Gasteiger partial charge in [0.05, 0.1) is 15.7 Å². The molecule has 0 N–H and O–H groups in total. The first-order valence-corrected chi connectivity index (χ1v) is 7.26. The summed E-state index contributed by atoms with van der Waals surface area (Å²) in [5.41, 5.74) is 0.496. The van der Waals surface area contributed by atoms with E-state index in [1.807, 2.05) is 6.92 Å².